The molecule has 0 unspecified atom stereocenters. The summed E-state index contributed by atoms with van der Waals surface area (Å²) in [5.74, 6) is -0.995. The van der Waals surface area contributed by atoms with Crippen LogP contribution in [0.1, 0.15) is 39.7 Å². The molecule has 0 spiro atoms. The van der Waals surface area contributed by atoms with Gasteiger partial charge in [0.1, 0.15) is 16.6 Å². The zero-order chi connectivity index (χ0) is 19.4. The summed E-state index contributed by atoms with van der Waals surface area (Å²) < 4.78 is 5.15. The molecule has 3 rings (SSSR count). The van der Waals surface area contributed by atoms with E-state index in [9.17, 15) is 14.9 Å². The van der Waals surface area contributed by atoms with E-state index in [-0.39, 0.29) is 12.2 Å². The number of hydrogen-bond donors (Lipinski definition) is 1. The van der Waals surface area contributed by atoms with E-state index in [1.54, 1.807) is 31.2 Å². The topological polar surface area (TPSA) is 79.2 Å². The van der Waals surface area contributed by atoms with Crippen LogP contribution in [0.15, 0.2) is 29.8 Å². The van der Waals surface area contributed by atoms with Crippen LogP contribution in [-0.4, -0.2) is 18.5 Å². The number of anilines is 1. The molecular formula is C20H17ClN2O3S. The number of ether oxygens (including phenoxy) is 1. The van der Waals surface area contributed by atoms with E-state index in [0.717, 1.165) is 29.7 Å². The van der Waals surface area contributed by atoms with Crippen LogP contribution in [0.4, 0.5) is 5.00 Å². The minimum Gasteiger partial charge on any atom is -0.462 e. The fourth-order valence-electron chi connectivity index (χ4n) is 2.96. The molecule has 0 aliphatic heterocycles. The molecule has 7 heteroatoms. The van der Waals surface area contributed by atoms with Crippen molar-refractivity contribution in [2.75, 3.05) is 11.9 Å². The quantitative estimate of drug-likeness (QED) is 0.451. The molecule has 0 fully saturated rings. The summed E-state index contributed by atoms with van der Waals surface area (Å²) in [7, 11) is 0. The first-order valence-corrected chi connectivity index (χ1v) is 9.73. The molecule has 1 amide bonds. The smallest absolute Gasteiger partial charge is 0.341 e. The van der Waals surface area contributed by atoms with Gasteiger partial charge in [0, 0.05) is 9.90 Å². The number of fused-ring (bicyclic) bond motifs is 1. The highest BCUT2D eigenvalue weighted by atomic mass is 35.5. The van der Waals surface area contributed by atoms with Crippen molar-refractivity contribution < 1.29 is 14.3 Å². The minimum atomic E-state index is -0.557. The minimum absolute atomic E-state index is 0.0549. The molecule has 5 nitrogen and oxygen atoms in total. The average Bonchev–Trinajstić information content (AvgIpc) is 3.21. The number of nitrogens with one attached hydrogen (secondary N) is 1. The number of halogens is 1. The largest absolute Gasteiger partial charge is 0.462 e. The normalized spacial score (nSPS) is 13.0. The highest BCUT2D eigenvalue weighted by Crippen LogP contribution is 2.39. The van der Waals surface area contributed by atoms with Gasteiger partial charge in [0.05, 0.1) is 12.2 Å². The van der Waals surface area contributed by atoms with Crippen LogP contribution in [-0.2, 0) is 22.4 Å². The molecule has 2 aromatic rings. The van der Waals surface area contributed by atoms with Gasteiger partial charge in [-0.05, 0) is 55.5 Å². The first-order valence-electron chi connectivity index (χ1n) is 8.53. The van der Waals surface area contributed by atoms with Crippen LogP contribution in [0.5, 0.6) is 0 Å². The van der Waals surface area contributed by atoms with Gasteiger partial charge >= 0.3 is 5.97 Å². The molecule has 1 heterocycles. The van der Waals surface area contributed by atoms with Gasteiger partial charge in [-0.15, -0.1) is 11.3 Å². The number of amides is 1. The van der Waals surface area contributed by atoms with Crippen LogP contribution in [0.2, 0.25) is 5.02 Å². The second-order valence-corrected chi connectivity index (χ2v) is 7.50. The summed E-state index contributed by atoms with van der Waals surface area (Å²) in [6.45, 7) is 2.00. The molecule has 1 aliphatic rings. The molecule has 1 aliphatic carbocycles. The van der Waals surface area contributed by atoms with Gasteiger partial charge in [-0.3, -0.25) is 4.79 Å². The third-order valence-corrected chi connectivity index (χ3v) is 5.63. The van der Waals surface area contributed by atoms with Crippen LogP contribution >= 0.6 is 22.9 Å². The fourth-order valence-corrected chi connectivity index (χ4v) is 4.35. The van der Waals surface area contributed by atoms with Gasteiger partial charge in [-0.2, -0.15) is 5.26 Å². The standard InChI is InChI=1S/C20H17ClN2O3S/c1-2-26-20(25)17-15-4-3-5-16(15)27-19(17)23-18(24)13(11-22)10-12-6-8-14(21)9-7-12/h6-10H,2-5H2,1H3,(H,23,24)/b13-10-. The van der Waals surface area contributed by atoms with Crippen LogP contribution < -0.4 is 5.32 Å². The van der Waals surface area contributed by atoms with E-state index in [0.29, 0.717) is 21.2 Å². The molecule has 138 valence electrons. The molecule has 0 saturated heterocycles. The van der Waals surface area contributed by atoms with E-state index in [1.807, 2.05) is 6.07 Å². The lowest BCUT2D eigenvalue weighted by Gasteiger charge is -2.07. The molecule has 0 saturated carbocycles. The van der Waals surface area contributed by atoms with Gasteiger partial charge < -0.3 is 10.1 Å². The van der Waals surface area contributed by atoms with Gasteiger partial charge in [-0.25, -0.2) is 4.79 Å². The van der Waals surface area contributed by atoms with Crippen LogP contribution in [0.3, 0.4) is 0 Å². The number of carbonyl (C=O) groups excluding carboxylic acids is 2. The Morgan fingerprint density at radius 2 is 2.07 bits per heavy atom. The van der Waals surface area contributed by atoms with Crippen molar-refractivity contribution in [2.24, 2.45) is 0 Å². The number of nitrogens with zero attached hydrogens (tertiary/aromatic N) is 1. The Bertz CT molecular complexity index is 955. The van der Waals surface area contributed by atoms with Gasteiger partial charge in [0.25, 0.3) is 5.91 Å². The number of benzene rings is 1. The van der Waals surface area contributed by atoms with E-state index in [4.69, 9.17) is 16.3 Å². The van der Waals surface area contributed by atoms with Gasteiger partial charge in [0.2, 0.25) is 0 Å². The molecule has 27 heavy (non-hydrogen) atoms. The lowest BCUT2D eigenvalue weighted by Crippen LogP contribution is -2.16. The summed E-state index contributed by atoms with van der Waals surface area (Å²) in [5.41, 5.74) is 2.01. The molecule has 1 aromatic heterocycles. The number of aryl methyl sites for hydroxylation is 1. The Morgan fingerprint density at radius 3 is 2.74 bits per heavy atom. The van der Waals surface area contributed by atoms with Crippen molar-refractivity contribution in [2.45, 2.75) is 26.2 Å². The third-order valence-electron chi connectivity index (χ3n) is 4.17. The monoisotopic (exact) mass is 400 g/mol. The summed E-state index contributed by atoms with van der Waals surface area (Å²) >= 11 is 7.23. The van der Waals surface area contributed by atoms with Crippen molar-refractivity contribution in [3.05, 3.63) is 56.4 Å². The zero-order valence-corrected chi connectivity index (χ0v) is 16.2. The van der Waals surface area contributed by atoms with Crippen molar-refractivity contribution in [1.82, 2.24) is 0 Å². The Labute approximate surface area is 166 Å². The SMILES string of the molecule is CCOC(=O)c1c(NC(=O)/C(C#N)=C\c2ccc(Cl)cc2)sc2c1CCC2. The summed E-state index contributed by atoms with van der Waals surface area (Å²) in [5, 5.41) is 13.1. The Kier molecular flexibility index (Phi) is 5.94. The lowest BCUT2D eigenvalue weighted by molar-refractivity contribution is -0.112. The van der Waals surface area contributed by atoms with Crippen LogP contribution in [0.25, 0.3) is 6.08 Å². The first kappa shape index (κ1) is 19.2. The van der Waals surface area contributed by atoms with Crippen molar-refractivity contribution in [3.8, 4) is 6.07 Å². The lowest BCUT2D eigenvalue weighted by atomic mass is 10.1. The van der Waals surface area contributed by atoms with E-state index >= 15 is 0 Å². The Balaban J connectivity index is 1.88. The predicted octanol–water partition coefficient (Wildman–Crippen LogP) is 4.61. The number of esters is 1. The summed E-state index contributed by atoms with van der Waals surface area (Å²) in [6, 6.07) is 8.72. The van der Waals surface area contributed by atoms with E-state index in [1.165, 1.54) is 17.4 Å². The Morgan fingerprint density at radius 1 is 1.33 bits per heavy atom. The van der Waals surface area contributed by atoms with Crippen molar-refractivity contribution >= 4 is 45.9 Å². The molecule has 0 bridgehead atoms. The highest BCUT2D eigenvalue weighted by Gasteiger charge is 2.28. The summed E-state index contributed by atoms with van der Waals surface area (Å²) in [4.78, 5) is 26.1. The fraction of sp³-hybridized carbons (Fsp3) is 0.250. The maximum atomic E-state index is 12.6. The molecular weight excluding hydrogens is 384 g/mol. The van der Waals surface area contributed by atoms with E-state index < -0.39 is 11.9 Å². The van der Waals surface area contributed by atoms with Crippen LogP contribution in [0, 0.1) is 11.3 Å². The van der Waals surface area contributed by atoms with Gasteiger partial charge in [0.15, 0.2) is 0 Å². The molecule has 1 aromatic carbocycles. The maximum Gasteiger partial charge on any atom is 0.341 e. The number of carbonyl (C=O) groups is 2. The first-order chi connectivity index (χ1) is 13.0. The third kappa shape index (κ3) is 4.21. The van der Waals surface area contributed by atoms with Crippen molar-refractivity contribution in [1.29, 1.82) is 5.26 Å². The molecule has 0 atom stereocenters. The second-order valence-electron chi connectivity index (χ2n) is 5.96. The molecule has 0 radical (unpaired) electrons. The average molecular weight is 401 g/mol. The maximum absolute atomic E-state index is 12.6. The number of nitriles is 1. The number of rotatable bonds is 5. The second kappa shape index (κ2) is 8.38. The van der Waals surface area contributed by atoms with Crippen molar-refractivity contribution in [3.63, 3.8) is 0 Å². The highest BCUT2D eigenvalue weighted by molar-refractivity contribution is 7.17. The number of hydrogen-bond acceptors (Lipinski definition) is 5. The predicted molar refractivity (Wildman–Crippen MR) is 106 cm³/mol. The molecule has 1 N–H and O–H groups in total. The number of thiophene rings is 1. The Hall–Kier alpha value is -2.62. The zero-order valence-electron chi connectivity index (χ0n) is 14.7. The van der Waals surface area contributed by atoms with Gasteiger partial charge in [-0.1, -0.05) is 23.7 Å². The summed E-state index contributed by atoms with van der Waals surface area (Å²) in [6.07, 6.45) is 4.15. The van der Waals surface area contributed by atoms with E-state index in [2.05, 4.69) is 5.32 Å².